The Hall–Kier alpha value is -2.62. The van der Waals surface area contributed by atoms with Crippen molar-refractivity contribution in [3.8, 4) is 5.75 Å². The number of hydrogen-bond acceptors (Lipinski definition) is 5. The zero-order chi connectivity index (χ0) is 29.6. The van der Waals surface area contributed by atoms with Gasteiger partial charge in [0.25, 0.3) is 0 Å². The lowest BCUT2D eigenvalue weighted by Crippen LogP contribution is -2.45. The van der Waals surface area contributed by atoms with Crippen LogP contribution in [0, 0.1) is 26.7 Å². The van der Waals surface area contributed by atoms with Crippen LogP contribution >= 0.6 is 0 Å². The largest absolute Gasteiger partial charge is 0.496 e. The molecule has 1 aliphatic carbocycles. The number of likely N-dealkylation sites (tertiary alicyclic amines) is 1. The highest BCUT2D eigenvalue weighted by Gasteiger charge is 2.30. The minimum atomic E-state index is -3.66. The lowest BCUT2D eigenvalue weighted by molar-refractivity contribution is 0.175. The standard InChI is InChI=1S/C32H48N4O4S/c1-23-21-30(40-5)24(2)25(3)31(23)41(38,39)35(4)19-10-18-33-32(37)34-28-16-14-26(15-17-28)22-36-20-9-13-29(36)27-11-7-6-8-12-27/h6-8,11-12,21,26,28-29H,9-10,13-20,22H2,1-5H3,(H2,33,34,37). The number of hydrogen-bond donors (Lipinski definition) is 2. The Morgan fingerprint density at radius 2 is 1.76 bits per heavy atom. The number of benzene rings is 2. The highest BCUT2D eigenvalue weighted by Crippen LogP contribution is 2.35. The number of nitrogens with one attached hydrogen (secondary N) is 2. The Bertz CT molecular complexity index is 1280. The number of ether oxygens (including phenoxy) is 1. The van der Waals surface area contributed by atoms with Crippen LogP contribution in [-0.2, 0) is 10.0 Å². The van der Waals surface area contributed by atoms with Gasteiger partial charge in [0.2, 0.25) is 10.0 Å². The summed E-state index contributed by atoms with van der Waals surface area (Å²) in [5.74, 6) is 1.37. The van der Waals surface area contributed by atoms with Crippen LogP contribution < -0.4 is 15.4 Å². The molecule has 0 radical (unpaired) electrons. The zero-order valence-corrected chi connectivity index (χ0v) is 26.2. The van der Waals surface area contributed by atoms with E-state index in [1.54, 1.807) is 27.1 Å². The molecule has 1 heterocycles. The summed E-state index contributed by atoms with van der Waals surface area (Å²) in [6.07, 6.45) is 7.31. The summed E-state index contributed by atoms with van der Waals surface area (Å²) < 4.78 is 33.4. The summed E-state index contributed by atoms with van der Waals surface area (Å²) >= 11 is 0. The predicted molar refractivity (Wildman–Crippen MR) is 164 cm³/mol. The van der Waals surface area contributed by atoms with Gasteiger partial charge in [-0.1, -0.05) is 30.3 Å². The van der Waals surface area contributed by atoms with Gasteiger partial charge >= 0.3 is 6.03 Å². The molecular weight excluding hydrogens is 536 g/mol. The van der Waals surface area contributed by atoms with Crippen LogP contribution in [0.4, 0.5) is 4.79 Å². The third-order valence-electron chi connectivity index (χ3n) is 9.02. The normalized spacial score (nSPS) is 21.7. The lowest BCUT2D eigenvalue weighted by atomic mass is 9.85. The molecule has 0 spiro atoms. The third-order valence-corrected chi connectivity index (χ3v) is 11.2. The van der Waals surface area contributed by atoms with E-state index < -0.39 is 10.0 Å². The molecule has 226 valence electrons. The maximum absolute atomic E-state index is 13.3. The first kappa shape index (κ1) is 31.3. The van der Waals surface area contributed by atoms with E-state index in [1.807, 2.05) is 13.8 Å². The molecule has 4 rings (SSSR count). The van der Waals surface area contributed by atoms with Crippen LogP contribution in [0.25, 0.3) is 0 Å². The minimum Gasteiger partial charge on any atom is -0.496 e. The first-order chi connectivity index (χ1) is 19.6. The second-order valence-electron chi connectivity index (χ2n) is 11.8. The molecule has 1 aliphatic heterocycles. The average molecular weight is 585 g/mol. The second kappa shape index (κ2) is 14.0. The van der Waals surface area contributed by atoms with Gasteiger partial charge in [0.05, 0.1) is 12.0 Å². The van der Waals surface area contributed by atoms with Crippen molar-refractivity contribution < 1.29 is 17.9 Å². The SMILES string of the molecule is COc1cc(C)c(S(=O)(=O)N(C)CCCNC(=O)NC2CCC(CN3CCCC3c3ccccc3)CC2)c(C)c1C. The van der Waals surface area contributed by atoms with Crippen molar-refractivity contribution in [1.29, 1.82) is 0 Å². The number of carbonyl (C=O) groups is 1. The Kier molecular flexibility index (Phi) is 10.7. The first-order valence-electron chi connectivity index (χ1n) is 15.1. The van der Waals surface area contributed by atoms with E-state index >= 15 is 0 Å². The summed E-state index contributed by atoms with van der Waals surface area (Å²) in [4.78, 5) is 15.5. The number of amides is 2. The summed E-state index contributed by atoms with van der Waals surface area (Å²) in [6.45, 7) is 8.53. The van der Waals surface area contributed by atoms with Crippen molar-refractivity contribution in [3.63, 3.8) is 0 Å². The van der Waals surface area contributed by atoms with E-state index in [0.29, 0.717) is 53.2 Å². The predicted octanol–water partition coefficient (Wildman–Crippen LogP) is 5.33. The molecule has 8 nitrogen and oxygen atoms in total. The summed E-state index contributed by atoms with van der Waals surface area (Å²) in [5.41, 5.74) is 3.63. The Balaban J connectivity index is 1.17. The van der Waals surface area contributed by atoms with E-state index in [4.69, 9.17) is 4.74 Å². The van der Waals surface area contributed by atoms with Gasteiger partial charge < -0.3 is 15.4 Å². The maximum atomic E-state index is 13.3. The van der Waals surface area contributed by atoms with Gasteiger partial charge in [-0.15, -0.1) is 0 Å². The molecule has 1 saturated heterocycles. The number of nitrogens with zero attached hydrogens (tertiary/aromatic N) is 2. The molecule has 0 bridgehead atoms. The van der Waals surface area contributed by atoms with Gasteiger partial charge in [-0.25, -0.2) is 17.5 Å². The highest BCUT2D eigenvalue weighted by molar-refractivity contribution is 7.89. The third kappa shape index (κ3) is 7.62. The number of rotatable bonds is 11. The molecule has 2 aromatic rings. The van der Waals surface area contributed by atoms with E-state index in [9.17, 15) is 13.2 Å². The molecule has 1 saturated carbocycles. The van der Waals surface area contributed by atoms with Crippen molar-refractivity contribution in [1.82, 2.24) is 19.8 Å². The summed E-state index contributed by atoms with van der Waals surface area (Å²) in [5, 5.41) is 6.06. The van der Waals surface area contributed by atoms with Crippen molar-refractivity contribution in [2.75, 3.05) is 40.3 Å². The van der Waals surface area contributed by atoms with Crippen LogP contribution in [-0.4, -0.2) is 70.0 Å². The molecule has 2 N–H and O–H groups in total. The van der Waals surface area contributed by atoms with Crippen LogP contribution in [0.2, 0.25) is 0 Å². The van der Waals surface area contributed by atoms with Crippen LogP contribution in [0.3, 0.4) is 0 Å². The fraction of sp³-hybridized carbons (Fsp3) is 0.594. The molecule has 0 aromatic heterocycles. The van der Waals surface area contributed by atoms with E-state index in [0.717, 1.165) is 37.8 Å². The van der Waals surface area contributed by atoms with Gasteiger partial charge in [0.15, 0.2) is 0 Å². The Labute approximate surface area is 246 Å². The monoisotopic (exact) mass is 584 g/mol. The molecule has 2 aromatic carbocycles. The zero-order valence-electron chi connectivity index (χ0n) is 25.4. The molecule has 2 fully saturated rings. The first-order valence-corrected chi connectivity index (χ1v) is 16.5. The van der Waals surface area contributed by atoms with Crippen molar-refractivity contribution in [3.05, 3.63) is 58.7 Å². The fourth-order valence-electron chi connectivity index (χ4n) is 6.56. The number of methoxy groups -OCH3 is 1. The van der Waals surface area contributed by atoms with Crippen LogP contribution in [0.5, 0.6) is 5.75 Å². The van der Waals surface area contributed by atoms with Gasteiger partial charge in [-0.3, -0.25) is 4.90 Å². The molecule has 1 atom stereocenters. The van der Waals surface area contributed by atoms with E-state index in [2.05, 4.69) is 45.9 Å². The minimum absolute atomic E-state index is 0.167. The van der Waals surface area contributed by atoms with Crippen molar-refractivity contribution in [2.45, 2.75) is 82.7 Å². The smallest absolute Gasteiger partial charge is 0.315 e. The molecule has 1 unspecified atom stereocenters. The van der Waals surface area contributed by atoms with Gasteiger partial charge in [-0.2, -0.15) is 0 Å². The van der Waals surface area contributed by atoms with Crippen LogP contribution in [0.1, 0.15) is 73.2 Å². The van der Waals surface area contributed by atoms with E-state index in [1.165, 1.54) is 29.3 Å². The van der Waals surface area contributed by atoms with Crippen molar-refractivity contribution in [2.24, 2.45) is 5.92 Å². The topological polar surface area (TPSA) is 91.0 Å². The van der Waals surface area contributed by atoms with Gasteiger partial charge in [-0.05, 0) is 106 Å². The molecule has 2 amide bonds. The number of aryl methyl sites for hydroxylation is 1. The lowest BCUT2D eigenvalue weighted by Gasteiger charge is -2.34. The molecular formula is C32H48N4O4S. The van der Waals surface area contributed by atoms with Gasteiger partial charge in [0.1, 0.15) is 5.75 Å². The number of sulfonamides is 1. The number of urea groups is 1. The second-order valence-corrected chi connectivity index (χ2v) is 13.8. The average Bonchev–Trinajstić information content (AvgIpc) is 3.42. The Morgan fingerprint density at radius 1 is 1.05 bits per heavy atom. The summed E-state index contributed by atoms with van der Waals surface area (Å²) in [6, 6.07) is 13.2. The molecule has 41 heavy (non-hydrogen) atoms. The molecule has 9 heteroatoms. The van der Waals surface area contributed by atoms with Crippen LogP contribution in [0.15, 0.2) is 41.3 Å². The quantitative estimate of drug-likeness (QED) is 0.349. The summed E-state index contributed by atoms with van der Waals surface area (Å²) in [7, 11) is -0.475. The maximum Gasteiger partial charge on any atom is 0.315 e. The van der Waals surface area contributed by atoms with E-state index in [-0.39, 0.29) is 12.1 Å². The fourth-order valence-corrected chi connectivity index (χ4v) is 8.25. The number of carbonyl (C=O) groups excluding carboxylic acids is 1. The van der Waals surface area contributed by atoms with Crippen molar-refractivity contribution >= 4 is 16.1 Å². The Morgan fingerprint density at radius 3 is 2.44 bits per heavy atom. The van der Waals surface area contributed by atoms with Gasteiger partial charge in [0, 0.05) is 38.8 Å². The molecule has 2 aliphatic rings. The highest BCUT2D eigenvalue weighted by atomic mass is 32.2.